The van der Waals surface area contributed by atoms with E-state index in [-0.39, 0.29) is 16.5 Å². The Morgan fingerprint density at radius 1 is 1.15 bits per heavy atom. The van der Waals surface area contributed by atoms with Crippen LogP contribution in [0.5, 0.6) is 0 Å². The maximum atomic E-state index is 13.8. The number of rotatable bonds is 3. The summed E-state index contributed by atoms with van der Waals surface area (Å²) in [6.45, 7) is 0. The SMILES string of the molecule is Nc1cc(Br)cc(C(=O)Cc2c(F)ccc(Br)c2F)c1. The second-order valence-corrected chi connectivity index (χ2v) is 5.96. The number of nitrogen functional groups attached to an aromatic ring is 1. The van der Waals surface area contributed by atoms with Gasteiger partial charge in [0.05, 0.1) is 4.47 Å². The van der Waals surface area contributed by atoms with Crippen LogP contribution in [-0.2, 0) is 6.42 Å². The van der Waals surface area contributed by atoms with Crippen LogP contribution in [0.4, 0.5) is 14.5 Å². The lowest BCUT2D eigenvalue weighted by atomic mass is 10.0. The number of nitrogens with two attached hydrogens (primary N) is 1. The molecule has 20 heavy (non-hydrogen) atoms. The summed E-state index contributed by atoms with van der Waals surface area (Å²) in [6.07, 6.45) is -0.368. The van der Waals surface area contributed by atoms with Gasteiger partial charge in [-0.1, -0.05) is 15.9 Å². The zero-order chi connectivity index (χ0) is 14.9. The predicted octanol–water partition coefficient (Wildman–Crippen LogP) is 4.50. The van der Waals surface area contributed by atoms with Crippen LogP contribution in [0.1, 0.15) is 15.9 Å². The van der Waals surface area contributed by atoms with E-state index >= 15 is 0 Å². The van der Waals surface area contributed by atoms with Crippen molar-refractivity contribution < 1.29 is 13.6 Å². The Morgan fingerprint density at radius 2 is 1.85 bits per heavy atom. The van der Waals surface area contributed by atoms with Gasteiger partial charge in [0.1, 0.15) is 11.6 Å². The third kappa shape index (κ3) is 3.24. The number of carbonyl (C=O) groups excluding carboxylic acids is 1. The van der Waals surface area contributed by atoms with Gasteiger partial charge in [0.2, 0.25) is 0 Å². The Labute approximate surface area is 131 Å². The fraction of sp³-hybridized carbons (Fsp3) is 0.0714. The fourth-order valence-corrected chi connectivity index (χ4v) is 2.65. The molecule has 0 saturated heterocycles. The molecule has 0 fully saturated rings. The first-order chi connectivity index (χ1) is 9.38. The van der Waals surface area contributed by atoms with Crippen molar-refractivity contribution in [3.8, 4) is 0 Å². The highest BCUT2D eigenvalue weighted by molar-refractivity contribution is 9.10. The number of hydrogen-bond acceptors (Lipinski definition) is 2. The summed E-state index contributed by atoms with van der Waals surface area (Å²) in [5.41, 5.74) is 6.08. The second-order valence-electron chi connectivity index (χ2n) is 4.19. The molecule has 2 rings (SSSR count). The van der Waals surface area contributed by atoms with E-state index in [4.69, 9.17) is 5.73 Å². The van der Waals surface area contributed by atoms with Gasteiger partial charge in [0.15, 0.2) is 5.78 Å². The zero-order valence-corrected chi connectivity index (χ0v) is 13.3. The monoisotopic (exact) mass is 403 g/mol. The maximum absolute atomic E-state index is 13.8. The number of carbonyl (C=O) groups is 1. The Morgan fingerprint density at radius 3 is 2.50 bits per heavy atom. The summed E-state index contributed by atoms with van der Waals surface area (Å²) in [6, 6.07) is 7.05. The molecule has 104 valence electrons. The van der Waals surface area contributed by atoms with Crippen molar-refractivity contribution in [1.29, 1.82) is 0 Å². The minimum absolute atomic E-state index is 0.121. The molecule has 0 unspecified atom stereocenters. The van der Waals surface area contributed by atoms with E-state index in [0.29, 0.717) is 15.7 Å². The molecule has 2 aromatic carbocycles. The van der Waals surface area contributed by atoms with Crippen LogP contribution in [0.2, 0.25) is 0 Å². The van der Waals surface area contributed by atoms with Gasteiger partial charge in [-0.2, -0.15) is 0 Å². The van der Waals surface area contributed by atoms with E-state index < -0.39 is 17.4 Å². The summed E-state index contributed by atoms with van der Waals surface area (Å²) < 4.78 is 28.2. The summed E-state index contributed by atoms with van der Waals surface area (Å²) in [7, 11) is 0. The highest BCUT2D eigenvalue weighted by Gasteiger charge is 2.17. The lowest BCUT2D eigenvalue weighted by Crippen LogP contribution is -2.08. The van der Waals surface area contributed by atoms with Crippen LogP contribution in [0.3, 0.4) is 0 Å². The second kappa shape index (κ2) is 6.01. The van der Waals surface area contributed by atoms with Crippen molar-refractivity contribution in [1.82, 2.24) is 0 Å². The van der Waals surface area contributed by atoms with Crippen LogP contribution >= 0.6 is 31.9 Å². The summed E-state index contributed by atoms with van der Waals surface area (Å²) >= 11 is 6.19. The average Bonchev–Trinajstić information content (AvgIpc) is 2.38. The fourth-order valence-electron chi connectivity index (χ4n) is 1.77. The first-order valence-electron chi connectivity index (χ1n) is 5.60. The topological polar surface area (TPSA) is 43.1 Å². The van der Waals surface area contributed by atoms with Crippen LogP contribution in [0.15, 0.2) is 39.3 Å². The average molecular weight is 405 g/mol. The molecule has 0 amide bonds. The summed E-state index contributed by atoms with van der Waals surface area (Å²) in [5.74, 6) is -1.92. The van der Waals surface area contributed by atoms with E-state index in [1.165, 1.54) is 12.1 Å². The largest absolute Gasteiger partial charge is 0.399 e. The molecule has 0 aromatic heterocycles. The Bertz CT molecular complexity index is 669. The molecule has 0 bridgehead atoms. The number of ketones is 1. The Balaban J connectivity index is 2.35. The van der Waals surface area contributed by atoms with Gasteiger partial charge >= 0.3 is 0 Å². The van der Waals surface area contributed by atoms with Crippen molar-refractivity contribution in [3.05, 3.63) is 62.0 Å². The van der Waals surface area contributed by atoms with Gasteiger partial charge < -0.3 is 5.73 Å². The molecule has 0 spiro atoms. The van der Waals surface area contributed by atoms with Gasteiger partial charge in [0, 0.05) is 27.7 Å². The van der Waals surface area contributed by atoms with Crippen LogP contribution in [0, 0.1) is 11.6 Å². The molecule has 2 N–H and O–H groups in total. The Kier molecular flexibility index (Phi) is 4.55. The molecule has 0 atom stereocenters. The molecule has 0 saturated carbocycles. The van der Waals surface area contributed by atoms with Crippen molar-refractivity contribution in [2.24, 2.45) is 0 Å². The molecular formula is C14H9Br2F2NO. The van der Waals surface area contributed by atoms with E-state index in [1.807, 2.05) is 0 Å². The highest BCUT2D eigenvalue weighted by atomic mass is 79.9. The number of anilines is 1. The van der Waals surface area contributed by atoms with Crippen molar-refractivity contribution in [3.63, 3.8) is 0 Å². The normalized spacial score (nSPS) is 10.6. The van der Waals surface area contributed by atoms with E-state index in [9.17, 15) is 13.6 Å². The summed E-state index contributed by atoms with van der Waals surface area (Å²) in [4.78, 5) is 12.1. The first kappa shape index (κ1) is 15.1. The van der Waals surface area contributed by atoms with E-state index in [2.05, 4.69) is 31.9 Å². The standard InChI is InChI=1S/C14H9Br2F2NO/c15-8-3-7(4-9(19)5-8)13(20)6-10-12(17)2-1-11(16)14(10)18/h1-5H,6,19H2. The minimum Gasteiger partial charge on any atom is -0.399 e. The van der Waals surface area contributed by atoms with E-state index in [0.717, 1.165) is 6.07 Å². The number of Topliss-reactive ketones (excluding diaryl/α,β-unsaturated/α-hetero) is 1. The molecule has 0 aliphatic heterocycles. The lowest BCUT2D eigenvalue weighted by Gasteiger charge is -2.07. The summed E-state index contributed by atoms with van der Waals surface area (Å²) in [5, 5.41) is 0. The maximum Gasteiger partial charge on any atom is 0.167 e. The van der Waals surface area contributed by atoms with Gasteiger partial charge in [-0.15, -0.1) is 0 Å². The van der Waals surface area contributed by atoms with E-state index in [1.54, 1.807) is 12.1 Å². The molecule has 2 aromatic rings. The zero-order valence-electron chi connectivity index (χ0n) is 10.1. The van der Waals surface area contributed by atoms with Crippen LogP contribution in [0.25, 0.3) is 0 Å². The van der Waals surface area contributed by atoms with Gasteiger partial charge in [0.25, 0.3) is 0 Å². The predicted molar refractivity (Wildman–Crippen MR) is 80.6 cm³/mol. The number of hydrogen-bond donors (Lipinski definition) is 1. The lowest BCUT2D eigenvalue weighted by molar-refractivity contribution is 0.0990. The third-order valence-electron chi connectivity index (χ3n) is 2.72. The minimum atomic E-state index is -0.763. The van der Waals surface area contributed by atoms with Crippen LogP contribution < -0.4 is 5.73 Å². The smallest absolute Gasteiger partial charge is 0.167 e. The Hall–Kier alpha value is -1.27. The van der Waals surface area contributed by atoms with Gasteiger partial charge in [-0.25, -0.2) is 8.78 Å². The molecule has 0 aliphatic rings. The van der Waals surface area contributed by atoms with Gasteiger partial charge in [-0.05, 0) is 46.3 Å². The molecular weight excluding hydrogens is 396 g/mol. The van der Waals surface area contributed by atoms with Gasteiger partial charge in [-0.3, -0.25) is 4.79 Å². The molecule has 0 aliphatic carbocycles. The van der Waals surface area contributed by atoms with Crippen molar-refractivity contribution >= 4 is 43.3 Å². The number of halogens is 4. The third-order valence-corrected chi connectivity index (χ3v) is 3.79. The van der Waals surface area contributed by atoms with Crippen LogP contribution in [-0.4, -0.2) is 5.78 Å². The molecule has 2 nitrogen and oxygen atoms in total. The quantitative estimate of drug-likeness (QED) is 0.465. The number of benzene rings is 2. The van der Waals surface area contributed by atoms with Crippen molar-refractivity contribution in [2.75, 3.05) is 5.73 Å². The highest BCUT2D eigenvalue weighted by Crippen LogP contribution is 2.24. The van der Waals surface area contributed by atoms with Crippen molar-refractivity contribution in [2.45, 2.75) is 6.42 Å². The molecule has 0 heterocycles. The first-order valence-corrected chi connectivity index (χ1v) is 7.18. The molecule has 6 heteroatoms. The molecule has 0 radical (unpaired) electrons.